The van der Waals surface area contributed by atoms with Crippen molar-refractivity contribution >= 4 is 52.9 Å². The Kier molecular flexibility index (Phi) is 33.6. The lowest BCUT2D eigenvalue weighted by molar-refractivity contribution is -0.140. The number of hydrogen-bond donors (Lipinski definition) is 6. The Bertz CT molecular complexity index is 2190. The van der Waals surface area contributed by atoms with Crippen molar-refractivity contribution in [3.05, 3.63) is 65.2 Å². The first-order chi connectivity index (χ1) is 38.1. The molecular formula is C55H82N8O16. The number of amides is 8. The standard InChI is InChI=1S/C55H82N8O16/c1-40(2)52(54(56)70)60-46(64)17-21-72-25-29-76-33-35-78-31-27-74-23-19-58-48(66)38-62(50(68)15-16-51(69)63-37-44-11-6-5-9-42(44)13-14-43-10-7-8-12-45(43)63)39-49(67)59-20-24-75-28-32-79-36-34-77-30-26-73-22-18-47(65)61-53(41(3)4)55(57)71/h5-12,40-41,52-53H,15-39H2,1-4H3,(H2,56,70)(H2,57,71)(H,58,66)(H,59,67)(H,60,64)(H,61,65)/t52-,53-/m0/s1. The molecule has 8 N–H and O–H groups in total. The number of primary amides is 2. The molecule has 2 aromatic rings. The van der Waals surface area contributed by atoms with Crippen LogP contribution in [-0.2, 0) is 82.8 Å². The molecular weight excluding hydrogens is 1030 g/mol. The maximum absolute atomic E-state index is 13.9. The largest absolute Gasteiger partial charge is 0.379 e. The van der Waals surface area contributed by atoms with E-state index in [0.717, 1.165) is 16.0 Å². The topological polar surface area (TPSA) is 317 Å². The summed E-state index contributed by atoms with van der Waals surface area (Å²) in [6.07, 6.45) is -0.297. The number of carbonyl (C=O) groups is 8. The van der Waals surface area contributed by atoms with E-state index in [-0.39, 0.29) is 141 Å². The molecule has 0 unspecified atom stereocenters. The third kappa shape index (κ3) is 28.8. The van der Waals surface area contributed by atoms with Crippen LogP contribution < -0.4 is 37.6 Å². The fraction of sp³-hybridized carbons (Fsp3) is 0.600. The lowest BCUT2D eigenvalue weighted by atomic mass is 10.0. The Morgan fingerprint density at radius 3 is 1.30 bits per heavy atom. The maximum atomic E-state index is 13.9. The zero-order chi connectivity index (χ0) is 57.6. The molecule has 24 heteroatoms. The fourth-order valence-corrected chi connectivity index (χ4v) is 7.41. The number of nitrogens with two attached hydrogens (primary N) is 2. The van der Waals surface area contributed by atoms with Gasteiger partial charge in [0, 0.05) is 49.9 Å². The molecule has 0 bridgehead atoms. The summed E-state index contributed by atoms with van der Waals surface area (Å²) in [5.74, 6) is 2.30. The molecule has 2 atom stereocenters. The van der Waals surface area contributed by atoms with Gasteiger partial charge in [0.2, 0.25) is 47.3 Å². The molecule has 0 spiro atoms. The number of carbonyl (C=O) groups excluding carboxylic acids is 8. The van der Waals surface area contributed by atoms with Gasteiger partial charge in [0.15, 0.2) is 0 Å². The Balaban J connectivity index is 1.35. The number of ether oxygens (including phenoxy) is 8. The molecule has 0 saturated heterocycles. The Labute approximate surface area is 463 Å². The average molecular weight is 1110 g/mol. The van der Waals surface area contributed by atoms with Gasteiger partial charge in [0.25, 0.3) is 0 Å². The monoisotopic (exact) mass is 1110 g/mol. The number of nitrogens with one attached hydrogen (secondary N) is 4. The van der Waals surface area contributed by atoms with Crippen LogP contribution in [0, 0.1) is 23.7 Å². The van der Waals surface area contributed by atoms with Gasteiger partial charge in [0.05, 0.1) is 118 Å². The first-order valence-electron chi connectivity index (χ1n) is 26.7. The van der Waals surface area contributed by atoms with Gasteiger partial charge >= 0.3 is 0 Å². The van der Waals surface area contributed by atoms with E-state index >= 15 is 0 Å². The normalized spacial score (nSPS) is 12.5. The molecule has 8 amide bonds. The van der Waals surface area contributed by atoms with E-state index in [4.69, 9.17) is 49.4 Å². The number of para-hydroxylation sites is 1. The molecule has 1 heterocycles. The smallest absolute Gasteiger partial charge is 0.240 e. The van der Waals surface area contributed by atoms with Crippen LogP contribution in [0.2, 0.25) is 0 Å². The Morgan fingerprint density at radius 2 is 0.873 bits per heavy atom. The van der Waals surface area contributed by atoms with Gasteiger partial charge in [-0.25, -0.2) is 0 Å². The predicted molar refractivity (Wildman–Crippen MR) is 290 cm³/mol. The number of anilines is 1. The summed E-state index contributed by atoms with van der Waals surface area (Å²) in [5, 5.41) is 10.6. The van der Waals surface area contributed by atoms with E-state index in [1.54, 1.807) is 38.7 Å². The van der Waals surface area contributed by atoms with Crippen molar-refractivity contribution in [1.82, 2.24) is 26.2 Å². The van der Waals surface area contributed by atoms with Crippen molar-refractivity contribution in [3.63, 3.8) is 0 Å². The predicted octanol–water partition coefficient (Wildman–Crippen LogP) is -0.0606. The van der Waals surface area contributed by atoms with Gasteiger partial charge in [0.1, 0.15) is 25.2 Å². The van der Waals surface area contributed by atoms with E-state index in [2.05, 4.69) is 33.1 Å². The minimum absolute atomic E-state index is 0.0832. The number of nitrogens with zero attached hydrogens (tertiary/aromatic N) is 2. The highest BCUT2D eigenvalue weighted by molar-refractivity contribution is 5.98. The zero-order valence-corrected chi connectivity index (χ0v) is 46.2. The van der Waals surface area contributed by atoms with Gasteiger partial charge in [-0.05, 0) is 35.6 Å². The third-order valence-corrected chi connectivity index (χ3v) is 11.6. The van der Waals surface area contributed by atoms with Crippen molar-refractivity contribution in [2.75, 3.05) is 137 Å². The van der Waals surface area contributed by atoms with Gasteiger partial charge in [-0.15, -0.1) is 0 Å². The molecule has 0 aliphatic carbocycles. The summed E-state index contributed by atoms with van der Waals surface area (Å²) in [7, 11) is 0. The van der Waals surface area contributed by atoms with Crippen molar-refractivity contribution in [2.45, 2.75) is 72.0 Å². The minimum atomic E-state index is -0.735. The lowest BCUT2D eigenvalue weighted by Crippen LogP contribution is -2.47. The van der Waals surface area contributed by atoms with Crippen LogP contribution in [-0.4, -0.2) is 196 Å². The molecule has 1 aliphatic rings. The summed E-state index contributed by atoms with van der Waals surface area (Å²) in [6, 6.07) is 13.4. The van der Waals surface area contributed by atoms with E-state index in [9.17, 15) is 38.4 Å². The first-order valence-corrected chi connectivity index (χ1v) is 26.7. The van der Waals surface area contributed by atoms with E-state index in [1.165, 1.54) is 0 Å². The van der Waals surface area contributed by atoms with Gasteiger partial charge in [-0.1, -0.05) is 69.9 Å². The first kappa shape index (κ1) is 66.7. The molecule has 2 aromatic carbocycles. The SMILES string of the molecule is CC(C)[C@H](NC(=O)CCOCCOCCOCCOCCNC(=O)CN(CC(=O)NCCOCCOCCOCCOCCC(=O)N[C@H](C(N)=O)C(C)C)C(=O)CCC(=O)N1Cc2ccccc2C#Cc2ccccc21)C(N)=O. The highest BCUT2D eigenvalue weighted by atomic mass is 16.6. The zero-order valence-electron chi connectivity index (χ0n) is 46.2. The highest BCUT2D eigenvalue weighted by Crippen LogP contribution is 2.26. The summed E-state index contributed by atoms with van der Waals surface area (Å²) < 4.78 is 43.9. The van der Waals surface area contributed by atoms with Crippen LogP contribution in [0.1, 0.15) is 70.1 Å². The van der Waals surface area contributed by atoms with Crippen molar-refractivity contribution in [1.29, 1.82) is 0 Å². The van der Waals surface area contributed by atoms with E-state index in [1.807, 2.05) is 42.5 Å². The third-order valence-electron chi connectivity index (χ3n) is 11.6. The number of rotatable bonds is 43. The average Bonchev–Trinajstić information content (AvgIpc) is 3.44. The minimum Gasteiger partial charge on any atom is -0.379 e. The summed E-state index contributed by atoms with van der Waals surface area (Å²) in [6.45, 7) is 10.7. The highest BCUT2D eigenvalue weighted by Gasteiger charge is 2.26. The van der Waals surface area contributed by atoms with Crippen molar-refractivity contribution in [3.8, 4) is 11.8 Å². The molecule has 0 fully saturated rings. The summed E-state index contributed by atoms with van der Waals surface area (Å²) in [4.78, 5) is 104. The lowest BCUT2D eigenvalue weighted by Gasteiger charge is -2.27. The Hall–Kier alpha value is -6.56. The maximum Gasteiger partial charge on any atom is 0.240 e. The number of benzene rings is 2. The van der Waals surface area contributed by atoms with Crippen molar-refractivity contribution < 1.29 is 76.3 Å². The second-order valence-corrected chi connectivity index (χ2v) is 18.6. The second-order valence-electron chi connectivity index (χ2n) is 18.6. The Morgan fingerprint density at radius 1 is 0.494 bits per heavy atom. The van der Waals surface area contributed by atoms with Crippen LogP contribution in [0.3, 0.4) is 0 Å². The van der Waals surface area contributed by atoms with Crippen LogP contribution in [0.5, 0.6) is 0 Å². The van der Waals surface area contributed by atoms with Gasteiger partial charge in [-0.3, -0.25) is 38.4 Å². The fourth-order valence-electron chi connectivity index (χ4n) is 7.41. The summed E-state index contributed by atoms with van der Waals surface area (Å²) >= 11 is 0. The van der Waals surface area contributed by atoms with Crippen LogP contribution in [0.15, 0.2) is 48.5 Å². The van der Waals surface area contributed by atoms with E-state index in [0.29, 0.717) is 50.9 Å². The molecule has 0 radical (unpaired) electrons. The summed E-state index contributed by atoms with van der Waals surface area (Å²) in [5.41, 5.74) is 13.6. The van der Waals surface area contributed by atoms with Gasteiger partial charge < -0.3 is 80.4 Å². The molecule has 79 heavy (non-hydrogen) atoms. The molecule has 3 rings (SSSR count). The molecule has 438 valence electrons. The van der Waals surface area contributed by atoms with Crippen LogP contribution in [0.25, 0.3) is 0 Å². The molecule has 24 nitrogen and oxygen atoms in total. The molecule has 1 aliphatic heterocycles. The molecule has 0 saturated carbocycles. The van der Waals surface area contributed by atoms with Gasteiger partial charge in [-0.2, -0.15) is 0 Å². The molecule has 0 aromatic heterocycles. The van der Waals surface area contributed by atoms with Crippen LogP contribution >= 0.6 is 0 Å². The van der Waals surface area contributed by atoms with Crippen LogP contribution in [0.4, 0.5) is 5.69 Å². The van der Waals surface area contributed by atoms with E-state index < -0.39 is 54.7 Å². The number of fused-ring (bicyclic) bond motifs is 2. The van der Waals surface area contributed by atoms with Crippen molar-refractivity contribution in [2.24, 2.45) is 23.3 Å². The quantitative estimate of drug-likeness (QED) is 0.0374. The number of hydrogen-bond acceptors (Lipinski definition) is 16. The second kappa shape index (κ2) is 39.7.